The first-order valence-electron chi connectivity index (χ1n) is 12.4. The summed E-state index contributed by atoms with van der Waals surface area (Å²) in [4.78, 5) is 28.2. The zero-order valence-corrected chi connectivity index (χ0v) is 22.0. The molecule has 0 bridgehead atoms. The van der Waals surface area contributed by atoms with Crippen molar-refractivity contribution in [3.8, 4) is 11.5 Å². The number of para-hydroxylation sites is 1. The van der Waals surface area contributed by atoms with E-state index in [2.05, 4.69) is 5.32 Å². The van der Waals surface area contributed by atoms with Crippen molar-refractivity contribution in [1.29, 1.82) is 0 Å². The van der Waals surface area contributed by atoms with Gasteiger partial charge in [0.15, 0.2) is 17.0 Å². The summed E-state index contributed by atoms with van der Waals surface area (Å²) in [5, 5.41) is 16.6. The number of methoxy groups -OCH3 is 1. The molecular formula is C28H25Cl2N3O5. The molecule has 2 fully saturated rings. The summed E-state index contributed by atoms with van der Waals surface area (Å²) in [6, 6.07) is 16.6. The van der Waals surface area contributed by atoms with Crippen LogP contribution in [0.15, 0.2) is 60.7 Å². The lowest BCUT2D eigenvalue weighted by Crippen LogP contribution is -2.55. The van der Waals surface area contributed by atoms with Crippen LogP contribution in [-0.4, -0.2) is 41.5 Å². The molecule has 196 valence electrons. The average Bonchev–Trinajstić information content (AvgIpc) is 3.57. The van der Waals surface area contributed by atoms with E-state index < -0.39 is 17.5 Å². The lowest BCUT2D eigenvalue weighted by molar-refractivity contribution is -0.534. The highest BCUT2D eigenvalue weighted by molar-refractivity contribution is 6.32. The van der Waals surface area contributed by atoms with Crippen molar-refractivity contribution < 1.29 is 19.2 Å². The monoisotopic (exact) mass is 553 g/mol. The number of hydrogen-bond donors (Lipinski definition) is 1. The van der Waals surface area contributed by atoms with E-state index in [1.807, 2.05) is 41.3 Å². The first kappa shape index (κ1) is 25.0. The minimum Gasteiger partial charge on any atom is -0.493 e. The Balaban J connectivity index is 1.44. The van der Waals surface area contributed by atoms with Gasteiger partial charge in [-0.05, 0) is 42.7 Å². The molecule has 0 aliphatic carbocycles. The first-order chi connectivity index (χ1) is 18.4. The number of rotatable bonds is 6. The Hall–Kier alpha value is -3.33. The number of nitro groups is 1. The van der Waals surface area contributed by atoms with Crippen molar-refractivity contribution >= 4 is 34.8 Å². The lowest BCUT2D eigenvalue weighted by Gasteiger charge is -2.32. The summed E-state index contributed by atoms with van der Waals surface area (Å²) >= 11 is 13.0. The third-order valence-corrected chi connectivity index (χ3v) is 8.71. The topological polar surface area (TPSA) is 93.9 Å². The number of nitrogens with one attached hydrogen (secondary N) is 1. The second kappa shape index (κ2) is 9.45. The second-order valence-electron chi connectivity index (χ2n) is 9.84. The molecule has 3 heterocycles. The summed E-state index contributed by atoms with van der Waals surface area (Å²) in [5.74, 6) is -0.250. The minimum atomic E-state index is -1.40. The van der Waals surface area contributed by atoms with Crippen LogP contribution in [0.4, 0.5) is 5.69 Å². The third-order valence-electron chi connectivity index (χ3n) is 8.06. The molecule has 2 saturated heterocycles. The third kappa shape index (κ3) is 3.58. The Kier molecular flexibility index (Phi) is 6.21. The van der Waals surface area contributed by atoms with Crippen LogP contribution in [0.3, 0.4) is 0 Å². The van der Waals surface area contributed by atoms with E-state index >= 15 is 0 Å². The molecule has 3 aliphatic rings. The van der Waals surface area contributed by atoms with Crippen molar-refractivity contribution in [2.45, 2.75) is 43.0 Å². The van der Waals surface area contributed by atoms with Gasteiger partial charge in [-0.25, -0.2) is 0 Å². The predicted octanol–water partition coefficient (Wildman–Crippen LogP) is 5.64. The Labute approximate surface area is 229 Å². The standard InChI is InChI=1S/C28H25Cl2N3O5/c1-37-23-14-17(13-20(30)25(23)38-15-16-7-2-4-9-19(16)29)24-22-11-6-12-32(22)28(26(24)33(35)36)18-8-3-5-10-21(18)31-27(28)34/h2-5,7-10,13-14,22,24,26H,6,11-12,15H2,1H3,(H,31,34)/t22-,24+,26+,28+/m0/s1. The van der Waals surface area contributed by atoms with Gasteiger partial charge in [-0.2, -0.15) is 0 Å². The first-order valence-corrected chi connectivity index (χ1v) is 13.2. The molecule has 3 aromatic carbocycles. The molecule has 10 heteroatoms. The summed E-state index contributed by atoms with van der Waals surface area (Å²) in [6.07, 6.45) is 1.57. The number of carbonyl (C=O) groups excluding carboxylic acids is 1. The number of fused-ring (bicyclic) bond motifs is 4. The van der Waals surface area contributed by atoms with E-state index in [0.29, 0.717) is 39.9 Å². The van der Waals surface area contributed by atoms with Crippen molar-refractivity contribution in [1.82, 2.24) is 4.90 Å². The maximum atomic E-state index is 13.6. The van der Waals surface area contributed by atoms with Gasteiger partial charge in [-0.1, -0.05) is 59.6 Å². The Morgan fingerprint density at radius 1 is 1.13 bits per heavy atom. The number of carbonyl (C=O) groups is 1. The van der Waals surface area contributed by atoms with E-state index in [1.165, 1.54) is 7.11 Å². The van der Waals surface area contributed by atoms with Gasteiger partial charge in [-0.3, -0.25) is 19.8 Å². The summed E-state index contributed by atoms with van der Waals surface area (Å²) < 4.78 is 11.7. The number of amides is 1. The summed E-state index contributed by atoms with van der Waals surface area (Å²) in [6.45, 7) is 0.768. The second-order valence-corrected chi connectivity index (χ2v) is 10.7. The van der Waals surface area contributed by atoms with Crippen molar-refractivity contribution in [2.24, 2.45) is 0 Å². The highest BCUT2D eigenvalue weighted by Gasteiger charge is 2.73. The highest BCUT2D eigenvalue weighted by Crippen LogP contribution is 2.58. The maximum Gasteiger partial charge on any atom is 0.256 e. The zero-order chi connectivity index (χ0) is 26.6. The fourth-order valence-corrected chi connectivity index (χ4v) is 7.08. The molecule has 6 rings (SSSR count). The number of hydrogen-bond acceptors (Lipinski definition) is 6. The van der Waals surface area contributed by atoms with E-state index in [-0.39, 0.29) is 28.5 Å². The van der Waals surface area contributed by atoms with Gasteiger partial charge in [0.2, 0.25) is 0 Å². The zero-order valence-electron chi connectivity index (χ0n) is 20.5. The number of nitrogens with zero attached hydrogens (tertiary/aromatic N) is 2. The minimum absolute atomic E-state index is 0.173. The fourth-order valence-electron chi connectivity index (χ4n) is 6.61. The molecule has 38 heavy (non-hydrogen) atoms. The molecule has 1 N–H and O–H groups in total. The van der Waals surface area contributed by atoms with Gasteiger partial charge in [0, 0.05) is 39.3 Å². The molecule has 1 amide bonds. The van der Waals surface area contributed by atoms with Gasteiger partial charge in [0.25, 0.3) is 11.9 Å². The van der Waals surface area contributed by atoms with E-state index in [4.69, 9.17) is 32.7 Å². The van der Waals surface area contributed by atoms with Crippen LogP contribution in [0.5, 0.6) is 11.5 Å². The Morgan fingerprint density at radius 3 is 2.66 bits per heavy atom. The Bertz CT molecular complexity index is 1450. The number of anilines is 1. The van der Waals surface area contributed by atoms with Crippen molar-refractivity contribution in [3.05, 3.63) is 97.5 Å². The molecule has 3 aromatic rings. The highest BCUT2D eigenvalue weighted by atomic mass is 35.5. The van der Waals surface area contributed by atoms with Crippen LogP contribution in [0, 0.1) is 10.1 Å². The van der Waals surface area contributed by atoms with Crippen molar-refractivity contribution in [3.63, 3.8) is 0 Å². The maximum absolute atomic E-state index is 13.6. The van der Waals surface area contributed by atoms with Crippen LogP contribution in [0.2, 0.25) is 10.0 Å². The van der Waals surface area contributed by atoms with Crippen LogP contribution in [0.25, 0.3) is 0 Å². The average molecular weight is 554 g/mol. The van der Waals surface area contributed by atoms with Gasteiger partial charge < -0.3 is 14.8 Å². The Morgan fingerprint density at radius 2 is 1.89 bits per heavy atom. The molecular weight excluding hydrogens is 529 g/mol. The van der Waals surface area contributed by atoms with E-state index in [0.717, 1.165) is 18.4 Å². The smallest absolute Gasteiger partial charge is 0.256 e. The largest absolute Gasteiger partial charge is 0.493 e. The molecule has 8 nitrogen and oxygen atoms in total. The molecule has 0 saturated carbocycles. The van der Waals surface area contributed by atoms with Gasteiger partial charge in [0.05, 0.1) is 18.1 Å². The molecule has 1 spiro atoms. The lowest BCUT2D eigenvalue weighted by atomic mass is 9.77. The number of halogens is 2. The quantitative estimate of drug-likeness (QED) is 0.313. The van der Waals surface area contributed by atoms with Crippen LogP contribution >= 0.6 is 23.2 Å². The summed E-state index contributed by atoms with van der Waals surface area (Å²) in [5.41, 5.74) is 1.30. The van der Waals surface area contributed by atoms with Crippen LogP contribution in [0.1, 0.15) is 35.4 Å². The van der Waals surface area contributed by atoms with Crippen LogP contribution < -0.4 is 14.8 Å². The summed E-state index contributed by atoms with van der Waals surface area (Å²) in [7, 11) is 1.50. The fraction of sp³-hybridized carbons (Fsp3) is 0.321. The number of ether oxygens (including phenoxy) is 2. The van der Waals surface area contributed by atoms with Crippen molar-refractivity contribution in [2.75, 3.05) is 19.0 Å². The molecule has 0 aromatic heterocycles. The molecule has 4 atom stereocenters. The SMILES string of the molecule is COc1cc([C@@H]2[C@@H]3CCCN3[C@@]3(C(=O)Nc4ccccc43)[C@@H]2[N+](=O)[O-])cc(Cl)c1OCc1ccccc1Cl. The van der Waals surface area contributed by atoms with Gasteiger partial charge in [-0.15, -0.1) is 0 Å². The molecule has 3 aliphatic heterocycles. The molecule has 0 radical (unpaired) electrons. The normalized spacial score (nSPS) is 25.8. The van der Waals surface area contributed by atoms with E-state index in [9.17, 15) is 14.9 Å². The van der Waals surface area contributed by atoms with Crippen LogP contribution in [-0.2, 0) is 16.9 Å². The van der Waals surface area contributed by atoms with Gasteiger partial charge in [0.1, 0.15) is 6.61 Å². The number of benzene rings is 3. The van der Waals surface area contributed by atoms with Gasteiger partial charge >= 0.3 is 0 Å². The predicted molar refractivity (Wildman–Crippen MR) is 144 cm³/mol. The van der Waals surface area contributed by atoms with E-state index in [1.54, 1.807) is 24.3 Å². The molecule has 0 unspecified atom stereocenters.